The van der Waals surface area contributed by atoms with E-state index in [1.54, 1.807) is 22.6 Å². The summed E-state index contributed by atoms with van der Waals surface area (Å²) in [5.41, 5.74) is 0. The van der Waals surface area contributed by atoms with E-state index in [2.05, 4.69) is 0 Å². The Morgan fingerprint density at radius 3 is 1.14 bits per heavy atom. The van der Waals surface area contributed by atoms with Crippen LogP contribution in [0.4, 0.5) is 92.2 Å². The third kappa shape index (κ3) is 6.11. The lowest BCUT2D eigenvalue weighted by Gasteiger charge is -2.45. The zero-order chi connectivity index (χ0) is 34.2. The van der Waals surface area contributed by atoms with Gasteiger partial charge < -0.3 is 0 Å². The number of hydrogen-bond acceptors (Lipinski definition) is 0. The fourth-order valence-corrected chi connectivity index (χ4v) is 3.50. The van der Waals surface area contributed by atoms with Gasteiger partial charge in [-0.05, 0) is 12.8 Å². The van der Waals surface area contributed by atoms with Crippen molar-refractivity contribution in [3.8, 4) is 0 Å². The second kappa shape index (κ2) is 12.4. The Balaban J connectivity index is 7.12. The van der Waals surface area contributed by atoms with Crippen molar-refractivity contribution in [1.29, 1.82) is 0 Å². The molecule has 0 amide bonds. The first-order valence-corrected chi connectivity index (χ1v) is 12.5. The van der Waals surface area contributed by atoms with Crippen molar-refractivity contribution in [2.75, 3.05) is 4.43 Å². The number of hydrogen-bond donors (Lipinski definition) is 0. The second-order valence-electron chi connectivity index (χ2n) is 8.72. The van der Waals surface area contributed by atoms with Crippen molar-refractivity contribution in [1.82, 2.24) is 0 Å². The Hall–Kier alpha value is -1.00. The maximum absolute atomic E-state index is 14.6. The van der Waals surface area contributed by atoms with Gasteiger partial charge in [0.15, 0.2) is 0 Å². The summed E-state index contributed by atoms with van der Waals surface area (Å²) in [4.78, 5) is 0. The molecule has 0 aromatic rings. The van der Waals surface area contributed by atoms with Crippen molar-refractivity contribution in [2.45, 2.75) is 98.5 Å². The van der Waals surface area contributed by atoms with Crippen LogP contribution in [0.3, 0.4) is 0 Å². The largest absolute Gasteiger partial charge is 0.460 e. The van der Waals surface area contributed by atoms with E-state index in [9.17, 15) is 92.2 Å². The van der Waals surface area contributed by atoms with Gasteiger partial charge in [-0.15, -0.1) is 0 Å². The van der Waals surface area contributed by atoms with E-state index in [1.165, 1.54) is 6.92 Å². The Labute approximate surface area is 236 Å². The number of rotatable bonds is 16. The van der Waals surface area contributed by atoms with Crippen LogP contribution < -0.4 is 0 Å². The van der Waals surface area contributed by atoms with E-state index in [0.29, 0.717) is 6.08 Å². The van der Waals surface area contributed by atoms with Gasteiger partial charge in [0.2, 0.25) is 0 Å². The van der Waals surface area contributed by atoms with E-state index < -0.39 is 78.2 Å². The highest BCUT2D eigenvalue weighted by atomic mass is 127. The average molecular weight is 784 g/mol. The molecule has 0 fully saturated rings. The molecule has 0 spiro atoms. The minimum atomic E-state index is -9.16. The van der Waals surface area contributed by atoms with Gasteiger partial charge in [-0.1, -0.05) is 60.9 Å². The van der Waals surface area contributed by atoms with E-state index in [0.717, 1.165) is 0 Å². The summed E-state index contributed by atoms with van der Waals surface area (Å²) in [6.07, 6.45) is -9.33. The molecule has 0 radical (unpaired) electrons. The van der Waals surface area contributed by atoms with Crippen LogP contribution in [0.25, 0.3) is 0 Å². The Kier molecular flexibility index (Phi) is 12.1. The summed E-state index contributed by atoms with van der Waals surface area (Å²) >= 11 is 1.58. The number of halogens is 22. The third-order valence-electron chi connectivity index (χ3n) is 5.76. The molecule has 0 saturated carbocycles. The van der Waals surface area contributed by atoms with Gasteiger partial charge in [-0.25, -0.2) is 0 Å². The highest BCUT2D eigenvalue weighted by Crippen LogP contribution is 2.66. The first-order chi connectivity index (χ1) is 18.3. The molecule has 0 aliphatic heterocycles. The quantitative estimate of drug-likeness (QED) is 0.0481. The predicted molar refractivity (Wildman–Crippen MR) is 111 cm³/mol. The molecule has 0 heterocycles. The number of allylic oxidation sites excluding steroid dienone is 2. The van der Waals surface area contributed by atoms with E-state index in [1.807, 2.05) is 0 Å². The van der Waals surface area contributed by atoms with Gasteiger partial charge in [0.05, 0.1) is 0 Å². The second-order valence-corrected chi connectivity index (χ2v) is 9.80. The fraction of sp³-hybridized carbons (Fsp3) is 0.900. The first kappa shape index (κ1) is 41.0. The molecule has 0 aliphatic rings. The molecule has 22 heteroatoms. The van der Waals surface area contributed by atoms with Crippen molar-refractivity contribution in [2.24, 2.45) is 5.92 Å². The SMILES string of the molecule is CCCCCC(/C=C/CCI)C(F)(F)C(F)(F)C(F)(F)C(F)(F)C(F)(F)C(F)(F)C(F)(F)C(F)(F)C(F)(F)C(F)(F)F. The zero-order valence-electron chi connectivity index (χ0n) is 20.3. The van der Waals surface area contributed by atoms with E-state index in [4.69, 9.17) is 0 Å². The molecule has 42 heavy (non-hydrogen) atoms. The van der Waals surface area contributed by atoms with Gasteiger partial charge in [0.25, 0.3) is 0 Å². The maximum Gasteiger partial charge on any atom is 0.460 e. The normalized spacial score (nSPS) is 16.8. The number of alkyl halides is 22. The van der Waals surface area contributed by atoms with Crippen LogP contribution in [0.15, 0.2) is 12.2 Å². The monoisotopic (exact) mass is 784 g/mol. The lowest BCUT2D eigenvalue weighted by Crippen LogP contribution is -2.77. The lowest BCUT2D eigenvalue weighted by molar-refractivity contribution is -0.475. The average Bonchev–Trinajstić information content (AvgIpc) is 2.81. The molecule has 1 atom stereocenters. The minimum Gasteiger partial charge on any atom is -0.199 e. The van der Waals surface area contributed by atoms with Crippen LogP contribution in [0.1, 0.15) is 39.0 Å². The summed E-state index contributed by atoms with van der Waals surface area (Å²) in [5, 5.41) is 0. The summed E-state index contributed by atoms with van der Waals surface area (Å²) < 4.78 is 285. The van der Waals surface area contributed by atoms with E-state index >= 15 is 0 Å². The van der Waals surface area contributed by atoms with Crippen LogP contribution in [-0.2, 0) is 0 Å². The number of unbranched alkanes of at least 4 members (excludes halogenated alkanes) is 2. The van der Waals surface area contributed by atoms with Crippen LogP contribution in [0, 0.1) is 5.92 Å². The Morgan fingerprint density at radius 1 is 0.500 bits per heavy atom. The van der Waals surface area contributed by atoms with Gasteiger partial charge in [-0.3, -0.25) is 0 Å². The predicted octanol–water partition coefficient (Wildman–Crippen LogP) is 10.8. The summed E-state index contributed by atoms with van der Waals surface area (Å²) in [6, 6.07) is 0. The summed E-state index contributed by atoms with van der Waals surface area (Å²) in [5.74, 6) is -79.9. The maximum atomic E-state index is 14.6. The highest BCUT2D eigenvalue weighted by molar-refractivity contribution is 14.1. The van der Waals surface area contributed by atoms with Crippen molar-refractivity contribution < 1.29 is 92.2 Å². The van der Waals surface area contributed by atoms with Gasteiger partial charge in [0.1, 0.15) is 0 Å². The van der Waals surface area contributed by atoms with Crippen LogP contribution in [0.5, 0.6) is 0 Å². The topological polar surface area (TPSA) is 0 Å². The lowest BCUT2D eigenvalue weighted by atomic mass is 9.82. The molecular formula is C20H18F21I. The standard InChI is InChI=1S/C20H18F21I/c1-2-3-4-7-10(8-5-6-9-42)11(21,22)12(23,24)13(25,26)14(27,28)15(29,30)16(31,32)17(33,34)18(35,36)19(37,38)20(39,40)41/h5,8,10H,2-4,6-7,9H2,1H3/b8-5+. The van der Waals surface area contributed by atoms with E-state index in [-0.39, 0.29) is 29.8 Å². The molecule has 252 valence electrons. The zero-order valence-corrected chi connectivity index (χ0v) is 22.4. The summed E-state index contributed by atoms with van der Waals surface area (Å²) in [6.45, 7) is 1.40. The van der Waals surface area contributed by atoms with Crippen molar-refractivity contribution in [3.63, 3.8) is 0 Å². The highest BCUT2D eigenvalue weighted by Gasteiger charge is 2.98. The van der Waals surface area contributed by atoms with Crippen molar-refractivity contribution >= 4 is 22.6 Å². The van der Waals surface area contributed by atoms with Gasteiger partial charge in [0, 0.05) is 10.3 Å². The van der Waals surface area contributed by atoms with Crippen molar-refractivity contribution in [3.05, 3.63) is 12.2 Å². The van der Waals surface area contributed by atoms with Gasteiger partial charge in [-0.2, -0.15) is 92.2 Å². The fourth-order valence-electron chi connectivity index (χ4n) is 3.14. The minimum absolute atomic E-state index is 0.0527. The summed E-state index contributed by atoms with van der Waals surface area (Å²) in [7, 11) is 0. The molecule has 0 rings (SSSR count). The molecule has 0 bridgehead atoms. The molecule has 0 saturated heterocycles. The third-order valence-corrected chi connectivity index (χ3v) is 6.39. The Bertz CT molecular complexity index is 917. The van der Waals surface area contributed by atoms with Crippen LogP contribution >= 0.6 is 22.6 Å². The molecule has 0 aromatic carbocycles. The molecule has 0 N–H and O–H groups in total. The molecule has 0 aromatic heterocycles. The molecule has 1 unspecified atom stereocenters. The molecule has 0 nitrogen and oxygen atoms in total. The molecule has 0 aliphatic carbocycles. The first-order valence-electron chi connectivity index (χ1n) is 11.0. The Morgan fingerprint density at radius 2 is 0.833 bits per heavy atom. The molecular weight excluding hydrogens is 766 g/mol. The smallest absolute Gasteiger partial charge is 0.199 e. The van der Waals surface area contributed by atoms with Gasteiger partial charge >= 0.3 is 59.5 Å². The van der Waals surface area contributed by atoms with Crippen LogP contribution in [0.2, 0.25) is 0 Å². The van der Waals surface area contributed by atoms with Crippen LogP contribution in [-0.4, -0.2) is 63.9 Å².